The summed E-state index contributed by atoms with van der Waals surface area (Å²) in [6.45, 7) is 3.01. The van der Waals surface area contributed by atoms with Crippen LogP contribution >= 0.6 is 13.5 Å². The molecule has 1 atom stereocenters. The van der Waals surface area contributed by atoms with Crippen LogP contribution < -0.4 is 0 Å². The summed E-state index contributed by atoms with van der Waals surface area (Å²) in [5.41, 5.74) is -5.32. The summed E-state index contributed by atoms with van der Waals surface area (Å²) in [4.78, 5) is 16.2. The van der Waals surface area contributed by atoms with Crippen molar-refractivity contribution in [2.24, 2.45) is 0 Å². The molecule has 0 aliphatic rings. The Balaban J connectivity index is -0.000000440. The molecule has 0 N–H and O–H groups in total. The molecular weight excluding hydrogens is 285 g/mol. The average molecular weight is 298 g/mol. The summed E-state index contributed by atoms with van der Waals surface area (Å²) in [7, 11) is -5.42. The Morgan fingerprint density at radius 1 is 1.29 bits per heavy atom. The van der Waals surface area contributed by atoms with Gasteiger partial charge in [0.15, 0.2) is 0 Å². The number of hydrogen-bond donors (Lipinski definition) is 0. The minimum absolute atomic E-state index is 0. The molecule has 0 aliphatic heterocycles. The van der Waals surface area contributed by atoms with Gasteiger partial charge in [0.25, 0.3) is 0 Å². The molecule has 0 rings (SSSR count). The summed E-state index contributed by atoms with van der Waals surface area (Å²) in [6.07, 6.45) is 0.153. The third-order valence-electron chi connectivity index (χ3n) is 1.27. The van der Waals surface area contributed by atoms with Crippen molar-refractivity contribution in [1.29, 1.82) is 0 Å². The van der Waals surface area contributed by atoms with Crippen molar-refractivity contribution in [3.63, 3.8) is 0 Å². The zero-order valence-electron chi connectivity index (χ0n) is 9.07. The topological polar surface area (TPSA) is 77.5 Å². The highest BCUT2D eigenvalue weighted by atomic mass is 32.2. The monoisotopic (exact) mass is 298 g/mol. The molecule has 5 nitrogen and oxygen atoms in total. The van der Waals surface area contributed by atoms with Crippen LogP contribution in [0.3, 0.4) is 0 Å². The zero-order chi connectivity index (χ0) is 13.4. The lowest BCUT2D eigenvalue weighted by Gasteiger charge is -2.13. The van der Waals surface area contributed by atoms with E-state index in [2.05, 4.69) is 4.18 Å². The van der Waals surface area contributed by atoms with Crippen molar-refractivity contribution in [3.05, 3.63) is 0 Å². The number of halogens is 3. The van der Waals surface area contributed by atoms with E-state index in [9.17, 15) is 21.6 Å². The van der Waals surface area contributed by atoms with Crippen LogP contribution in [0.2, 0.25) is 0 Å². The minimum Gasteiger partial charge on any atom is -0.260 e. The number of hydrogen-bond acceptors (Lipinski definition) is 5. The molecule has 0 aliphatic carbocycles. The molecule has 0 aromatic rings. The molecule has 0 fully saturated rings. The second kappa shape index (κ2) is 9.46. The van der Waals surface area contributed by atoms with Crippen LogP contribution in [0.5, 0.6) is 0 Å². The van der Waals surface area contributed by atoms with Gasteiger partial charge in [-0.05, 0) is 13.3 Å². The normalized spacial score (nSPS) is 12.5. The van der Waals surface area contributed by atoms with E-state index in [0.717, 1.165) is 0 Å². The standard InChI is InChI=1S/C6H11F3O3S.CO2.H2S/c1-3-4-5(2)12-13(10,11)6(7,8)9;2-1-3;/h5H,3-4H2,1-2H3;;1H2/t5-;;/m1../s1. The Bertz CT molecular complexity index is 319. The maximum Gasteiger partial charge on any atom is 0.523 e. The summed E-state index contributed by atoms with van der Waals surface area (Å²) >= 11 is 0. The molecule has 0 heterocycles. The van der Waals surface area contributed by atoms with Crippen LogP contribution in [0.25, 0.3) is 0 Å². The lowest BCUT2D eigenvalue weighted by molar-refractivity contribution is -0.191. The van der Waals surface area contributed by atoms with E-state index in [1.165, 1.54) is 6.92 Å². The number of alkyl halides is 3. The number of carbonyl (C=O) groups excluding carboxylic acids is 2. The summed E-state index contributed by atoms with van der Waals surface area (Å²) in [6, 6.07) is 0. The fourth-order valence-corrected chi connectivity index (χ4v) is 1.36. The van der Waals surface area contributed by atoms with E-state index in [1.54, 1.807) is 6.92 Å². The minimum atomic E-state index is -5.42. The Labute approximate surface area is 104 Å². The van der Waals surface area contributed by atoms with E-state index < -0.39 is 21.7 Å². The molecule has 0 saturated carbocycles. The summed E-state index contributed by atoms with van der Waals surface area (Å²) in [5, 5.41) is 0. The predicted octanol–water partition coefficient (Wildman–Crippen LogP) is 1.57. The highest BCUT2D eigenvalue weighted by Gasteiger charge is 2.48. The third-order valence-corrected chi connectivity index (χ3v) is 2.42. The predicted molar refractivity (Wildman–Crippen MR) is 55.8 cm³/mol. The zero-order valence-corrected chi connectivity index (χ0v) is 10.9. The lowest BCUT2D eigenvalue weighted by Crippen LogP contribution is -2.28. The van der Waals surface area contributed by atoms with E-state index in [1.807, 2.05) is 0 Å². The third kappa shape index (κ3) is 10.3. The van der Waals surface area contributed by atoms with Crippen molar-refractivity contribution in [2.75, 3.05) is 0 Å². The molecule has 0 saturated heterocycles. The fourth-order valence-electron chi connectivity index (χ4n) is 0.725. The Morgan fingerprint density at radius 3 is 1.88 bits per heavy atom. The molecule has 17 heavy (non-hydrogen) atoms. The first-order valence-electron chi connectivity index (χ1n) is 4.11. The van der Waals surface area contributed by atoms with Crippen LogP contribution in [0.1, 0.15) is 26.7 Å². The van der Waals surface area contributed by atoms with Crippen LogP contribution in [-0.4, -0.2) is 26.2 Å². The summed E-state index contributed by atoms with van der Waals surface area (Å²) < 4.78 is 59.8. The molecule has 0 aromatic carbocycles. The van der Waals surface area contributed by atoms with Gasteiger partial charge in [-0.2, -0.15) is 44.7 Å². The average Bonchev–Trinajstić information content (AvgIpc) is 2.02. The Hall–Kier alpha value is -0.570. The molecule has 0 spiro atoms. The quantitative estimate of drug-likeness (QED) is 0.581. The highest BCUT2D eigenvalue weighted by Crippen LogP contribution is 2.26. The van der Waals surface area contributed by atoms with Gasteiger partial charge in [0.05, 0.1) is 6.10 Å². The highest BCUT2D eigenvalue weighted by molar-refractivity contribution is 7.87. The fraction of sp³-hybridized carbons (Fsp3) is 0.857. The number of rotatable bonds is 4. The first-order valence-corrected chi connectivity index (χ1v) is 5.52. The molecule has 104 valence electrons. The first kappa shape index (κ1) is 21.7. The second-order valence-electron chi connectivity index (χ2n) is 2.68. The molecular formula is C7H13F3O5S2. The van der Waals surface area contributed by atoms with E-state index in [-0.39, 0.29) is 26.1 Å². The van der Waals surface area contributed by atoms with Gasteiger partial charge in [-0.25, -0.2) is 0 Å². The molecule has 0 bridgehead atoms. The van der Waals surface area contributed by atoms with Gasteiger partial charge in [-0.1, -0.05) is 13.3 Å². The van der Waals surface area contributed by atoms with Crippen molar-refractivity contribution in [3.8, 4) is 0 Å². The van der Waals surface area contributed by atoms with E-state index in [4.69, 9.17) is 9.59 Å². The maximum absolute atomic E-state index is 11.7. The molecule has 0 radical (unpaired) electrons. The molecule has 0 unspecified atom stereocenters. The molecule has 0 amide bonds. The van der Waals surface area contributed by atoms with Crippen LogP contribution in [0.4, 0.5) is 13.2 Å². The Morgan fingerprint density at radius 2 is 1.65 bits per heavy atom. The second-order valence-corrected chi connectivity index (χ2v) is 4.24. The van der Waals surface area contributed by atoms with Crippen molar-refractivity contribution in [2.45, 2.75) is 38.3 Å². The van der Waals surface area contributed by atoms with Gasteiger partial charge in [0.1, 0.15) is 0 Å². The molecule has 0 aromatic heterocycles. The van der Waals surface area contributed by atoms with Crippen molar-refractivity contribution >= 4 is 29.8 Å². The van der Waals surface area contributed by atoms with Gasteiger partial charge >= 0.3 is 21.8 Å². The maximum atomic E-state index is 11.7. The van der Waals surface area contributed by atoms with Gasteiger partial charge < -0.3 is 0 Å². The van der Waals surface area contributed by atoms with Crippen LogP contribution in [0.15, 0.2) is 0 Å². The van der Waals surface area contributed by atoms with Gasteiger partial charge in [-0.15, -0.1) is 0 Å². The SMILES string of the molecule is CCC[C@@H](C)OS(=O)(=O)C(F)(F)F.O=C=O.S. The van der Waals surface area contributed by atoms with Crippen LogP contribution in [-0.2, 0) is 23.9 Å². The smallest absolute Gasteiger partial charge is 0.260 e. The largest absolute Gasteiger partial charge is 0.523 e. The summed E-state index contributed by atoms with van der Waals surface area (Å²) in [5.74, 6) is 0. The van der Waals surface area contributed by atoms with Gasteiger partial charge in [0.2, 0.25) is 0 Å². The van der Waals surface area contributed by atoms with E-state index in [0.29, 0.717) is 6.42 Å². The van der Waals surface area contributed by atoms with Crippen LogP contribution in [0, 0.1) is 0 Å². The van der Waals surface area contributed by atoms with Crippen molar-refractivity contribution in [1.82, 2.24) is 0 Å². The Kier molecular flexibility index (Phi) is 12.1. The van der Waals surface area contributed by atoms with E-state index >= 15 is 0 Å². The van der Waals surface area contributed by atoms with Gasteiger partial charge in [-0.3, -0.25) is 4.18 Å². The first-order chi connectivity index (χ1) is 7.12. The lowest BCUT2D eigenvalue weighted by atomic mass is 10.2. The molecule has 10 heteroatoms. The van der Waals surface area contributed by atoms with Crippen molar-refractivity contribution < 1.29 is 35.4 Å². The van der Waals surface area contributed by atoms with Gasteiger partial charge in [0, 0.05) is 0 Å².